The highest BCUT2D eigenvalue weighted by Gasteiger charge is 2.05. The van der Waals surface area contributed by atoms with E-state index in [4.69, 9.17) is 34.0 Å². The van der Waals surface area contributed by atoms with E-state index in [-0.39, 0.29) is 0 Å². The van der Waals surface area contributed by atoms with E-state index >= 15 is 0 Å². The summed E-state index contributed by atoms with van der Waals surface area (Å²) in [5, 5.41) is 0.796. The second-order valence-electron chi connectivity index (χ2n) is 9.64. The molecule has 0 saturated carbocycles. The van der Waals surface area contributed by atoms with E-state index in [1.807, 2.05) is 0 Å². The molecule has 0 spiro atoms. The molecule has 9 heteroatoms. The summed E-state index contributed by atoms with van der Waals surface area (Å²) in [6.07, 6.45) is 9.51. The van der Waals surface area contributed by atoms with Crippen molar-refractivity contribution in [1.82, 2.24) is 4.90 Å². The molecule has 0 radical (unpaired) electrons. The molecule has 0 fully saturated rings. The van der Waals surface area contributed by atoms with Gasteiger partial charge in [0.15, 0.2) is 0 Å². The third-order valence-corrected chi connectivity index (χ3v) is 6.34. The van der Waals surface area contributed by atoms with Gasteiger partial charge in [-0.25, -0.2) is 0 Å². The summed E-state index contributed by atoms with van der Waals surface area (Å²) in [6, 6.07) is 15.5. The Morgan fingerprint density at radius 2 is 1.48 bits per heavy atom. The number of ether oxygens (including phenoxy) is 1. The van der Waals surface area contributed by atoms with E-state index < -0.39 is 15.7 Å². The number of nitrogens with one attached hydrogen (secondary N) is 1. The summed E-state index contributed by atoms with van der Waals surface area (Å²) < 4.78 is 34.3. The topological polar surface area (TPSA) is 101 Å². The van der Waals surface area contributed by atoms with Gasteiger partial charge < -0.3 is 14.1 Å². The highest BCUT2D eigenvalue weighted by molar-refractivity contribution is 7.60. The number of hydrogen-bond donors (Lipinski definition) is 1. The van der Waals surface area contributed by atoms with Gasteiger partial charge in [0.1, 0.15) is 17.1 Å². The molecule has 1 N–H and O–H groups in total. The molecule has 40 heavy (non-hydrogen) atoms. The van der Waals surface area contributed by atoms with Crippen LogP contribution in [0.15, 0.2) is 52.9 Å². The summed E-state index contributed by atoms with van der Waals surface area (Å²) in [6.45, 7) is 12.9. The van der Waals surface area contributed by atoms with Crippen molar-refractivity contribution < 1.29 is 22.4 Å². The van der Waals surface area contributed by atoms with Gasteiger partial charge in [-0.15, -0.1) is 0 Å². The van der Waals surface area contributed by atoms with E-state index in [1.165, 1.54) is 62.6 Å². The Labute approximate surface area is 246 Å². The van der Waals surface area contributed by atoms with Gasteiger partial charge in [0, 0.05) is 23.9 Å². The molecule has 7 nitrogen and oxygen atoms in total. The molecule has 3 rings (SSSR count). The Morgan fingerprint density at radius 3 is 2.02 bits per heavy atom. The zero-order valence-corrected chi connectivity index (χ0v) is 26.0. The van der Waals surface area contributed by atoms with E-state index in [2.05, 4.69) is 56.9 Å². The van der Waals surface area contributed by atoms with Crippen LogP contribution in [0.25, 0.3) is 11.0 Å². The molecule has 1 heterocycles. The molecule has 0 amide bonds. The van der Waals surface area contributed by atoms with Gasteiger partial charge in [-0.05, 0) is 99.8 Å². The molecule has 0 saturated heterocycles. The van der Waals surface area contributed by atoms with Crippen LogP contribution in [-0.4, -0.2) is 44.8 Å². The molecule has 3 aromatic rings. The first kappa shape index (κ1) is 35.3. The summed E-state index contributed by atoms with van der Waals surface area (Å²) in [5.74, 6) is 1.91. The molecule has 1 aromatic heterocycles. The fourth-order valence-electron chi connectivity index (χ4n) is 3.95. The van der Waals surface area contributed by atoms with Gasteiger partial charge in [0.2, 0.25) is 0 Å². The smallest absolute Gasteiger partial charge is 0.308 e. The molecule has 0 aliphatic carbocycles. The number of halogens is 1. The van der Waals surface area contributed by atoms with Crippen LogP contribution < -0.4 is 4.74 Å². The van der Waals surface area contributed by atoms with E-state index in [1.54, 1.807) is 24.3 Å². The lowest BCUT2D eigenvalue weighted by Gasteiger charge is -2.21. The van der Waals surface area contributed by atoms with Gasteiger partial charge in [0.25, 0.3) is 5.24 Å². The third kappa shape index (κ3) is 15.8. The predicted octanol–water partition coefficient (Wildman–Crippen LogP) is 8.45. The largest absolute Gasteiger partial charge is 0.494 e. The minimum absolute atomic E-state index is 0.436. The first-order chi connectivity index (χ1) is 19.2. The fourth-order valence-corrected chi connectivity index (χ4v) is 4.08. The minimum atomic E-state index is -2.61. The van der Waals surface area contributed by atoms with Crippen molar-refractivity contribution in [3.63, 3.8) is 0 Å². The number of benzene rings is 2. The monoisotopic (exact) mass is 592 g/mol. The molecule has 0 aliphatic heterocycles. The van der Waals surface area contributed by atoms with Gasteiger partial charge >= 0.3 is 10.5 Å². The molecule has 0 aliphatic rings. The standard InChI is InChI=1S/C18H28ClNO2.C13H16O.HNO2S/c1-3-5-12-20(13-6-4-2)14-7-15-22-17-10-8-16(9-11-17)18(19)21;1-3-4-5-12-9-11-8-10(2)6-7-13(11)14-12;1-4(2)3/h8-11H,3-7,12-15H2,1-2H3;6-9H,3-5H2,1-2H3;1H. The van der Waals surface area contributed by atoms with Gasteiger partial charge in [-0.3, -0.25) is 4.79 Å². The molecule has 0 unspecified atom stereocenters. The van der Waals surface area contributed by atoms with E-state index in [0.717, 1.165) is 36.5 Å². The number of nitrogens with zero attached hydrogens (tertiary/aromatic N) is 1. The molecule has 0 atom stereocenters. The van der Waals surface area contributed by atoms with Crippen molar-refractivity contribution in [1.29, 1.82) is 4.78 Å². The maximum absolute atomic E-state index is 11.0. The van der Waals surface area contributed by atoms with Crippen LogP contribution in [0.2, 0.25) is 0 Å². The number of furan rings is 1. The Kier molecular flexibility index (Phi) is 18.7. The zero-order chi connectivity index (χ0) is 29.8. The Balaban J connectivity index is 0.000000376. The van der Waals surface area contributed by atoms with Crippen molar-refractivity contribution in [2.45, 2.75) is 79.1 Å². The van der Waals surface area contributed by atoms with Gasteiger partial charge in [-0.1, -0.05) is 51.7 Å². The van der Waals surface area contributed by atoms with E-state index in [9.17, 15) is 4.79 Å². The third-order valence-electron chi connectivity index (χ3n) is 6.12. The lowest BCUT2D eigenvalue weighted by atomic mass is 10.1. The van der Waals surface area contributed by atoms with Crippen LogP contribution in [-0.2, 0) is 16.9 Å². The maximum atomic E-state index is 11.0. The normalized spacial score (nSPS) is 10.4. The summed E-state index contributed by atoms with van der Waals surface area (Å²) in [5.41, 5.74) is 2.81. The average Bonchev–Trinajstić information content (AvgIpc) is 3.33. The van der Waals surface area contributed by atoms with Crippen LogP contribution >= 0.6 is 11.6 Å². The van der Waals surface area contributed by atoms with Gasteiger partial charge in [-0.2, -0.15) is 13.2 Å². The first-order valence-corrected chi connectivity index (χ1v) is 15.6. The second-order valence-corrected chi connectivity index (χ2v) is 10.5. The summed E-state index contributed by atoms with van der Waals surface area (Å²) in [4.78, 5) is 13.5. The quantitative estimate of drug-likeness (QED) is 0.140. The highest BCUT2D eigenvalue weighted by atomic mass is 35.5. The average molecular weight is 593 g/mol. The summed E-state index contributed by atoms with van der Waals surface area (Å²) >= 11 is 5.42. The van der Waals surface area contributed by atoms with Crippen molar-refractivity contribution in [3.8, 4) is 5.75 Å². The number of carbonyl (C=O) groups is 1. The van der Waals surface area contributed by atoms with Crippen molar-refractivity contribution in [2.24, 2.45) is 0 Å². The van der Waals surface area contributed by atoms with Crippen molar-refractivity contribution in [2.75, 3.05) is 26.2 Å². The number of rotatable bonds is 15. The number of aryl methyl sites for hydroxylation is 2. The van der Waals surface area contributed by atoms with E-state index in [0.29, 0.717) is 12.2 Å². The van der Waals surface area contributed by atoms with Crippen LogP contribution in [0, 0.1) is 11.7 Å². The number of hydrogen-bond acceptors (Lipinski definition) is 7. The van der Waals surface area contributed by atoms with Crippen LogP contribution in [0.3, 0.4) is 0 Å². The molecule has 0 bridgehead atoms. The maximum Gasteiger partial charge on any atom is 0.308 e. The van der Waals surface area contributed by atoms with Crippen LogP contribution in [0.1, 0.15) is 87.4 Å². The van der Waals surface area contributed by atoms with Crippen molar-refractivity contribution in [3.05, 3.63) is 65.4 Å². The van der Waals surface area contributed by atoms with Crippen molar-refractivity contribution >= 4 is 38.3 Å². The summed E-state index contributed by atoms with van der Waals surface area (Å²) in [7, 11) is -2.61. The minimum Gasteiger partial charge on any atom is -0.494 e. The number of unbranched alkanes of at least 4 members (excludes halogenated alkanes) is 3. The highest BCUT2D eigenvalue weighted by Crippen LogP contribution is 2.21. The fraction of sp³-hybridized carbons (Fsp3) is 0.516. The lowest BCUT2D eigenvalue weighted by molar-refractivity contribution is 0.108. The zero-order valence-electron chi connectivity index (χ0n) is 24.4. The lowest BCUT2D eigenvalue weighted by Crippen LogP contribution is -2.28. The Morgan fingerprint density at radius 1 is 0.900 bits per heavy atom. The SMILES string of the molecule is CCCCN(CCCC)CCCOc1ccc(C(=O)Cl)cc1.CCCCc1cc2cc(C)ccc2o1.N=S(=O)=O. The Hall–Kier alpha value is -2.68. The first-order valence-electron chi connectivity index (χ1n) is 14.1. The number of fused-ring (bicyclic) bond motifs is 1. The van der Waals surface area contributed by atoms with Crippen LogP contribution in [0.5, 0.6) is 5.75 Å². The predicted molar refractivity (Wildman–Crippen MR) is 164 cm³/mol. The second kappa shape index (κ2) is 21.1. The van der Waals surface area contributed by atoms with Gasteiger partial charge in [0.05, 0.1) is 6.61 Å². The molecular weight excluding hydrogens is 548 g/mol. The Bertz CT molecular complexity index is 1210. The molecular formula is C31H45ClN2O5S. The molecule has 222 valence electrons. The van der Waals surface area contributed by atoms with Crippen LogP contribution in [0.4, 0.5) is 0 Å². The number of carbonyl (C=O) groups excluding carboxylic acids is 1. The molecule has 2 aromatic carbocycles.